The number of benzene rings is 4. The van der Waals surface area contributed by atoms with Gasteiger partial charge in [-0.15, -0.1) is 20.5 Å². The number of azo groups is 2. The minimum atomic E-state index is -0.177. The molecule has 4 aromatic rings. The number of phenolic OH excluding ortho intramolecular Hbond substituents is 5. The SMILES string of the molecule is Oc1ccc(N=Nc2ccccc2O)c(O)c1.Oc1ccccc1N=Nc1ccccc1O. The van der Waals surface area contributed by atoms with Crippen LogP contribution in [-0.4, -0.2) is 25.5 Å². The molecule has 0 radical (unpaired) electrons. The molecule has 0 atom stereocenters. The minimum Gasteiger partial charge on any atom is -0.508 e. The molecule has 0 unspecified atom stereocenters. The second-order valence-corrected chi connectivity index (χ2v) is 6.54. The zero-order chi connectivity index (χ0) is 23.6. The first-order valence-corrected chi connectivity index (χ1v) is 9.63. The summed E-state index contributed by atoms with van der Waals surface area (Å²) in [6.07, 6.45) is 0. The highest BCUT2D eigenvalue weighted by atomic mass is 16.3. The van der Waals surface area contributed by atoms with Crippen molar-refractivity contribution in [1.29, 1.82) is 0 Å². The lowest BCUT2D eigenvalue weighted by atomic mass is 10.3. The molecule has 0 saturated carbocycles. The molecule has 9 heteroatoms. The van der Waals surface area contributed by atoms with Gasteiger partial charge in [-0.3, -0.25) is 0 Å². The average molecular weight is 444 g/mol. The van der Waals surface area contributed by atoms with Gasteiger partial charge in [0, 0.05) is 6.07 Å². The second kappa shape index (κ2) is 10.9. The fourth-order valence-corrected chi connectivity index (χ4v) is 2.46. The summed E-state index contributed by atoms with van der Waals surface area (Å²) in [4.78, 5) is 0. The molecule has 9 nitrogen and oxygen atoms in total. The highest BCUT2D eigenvalue weighted by Crippen LogP contribution is 2.33. The van der Waals surface area contributed by atoms with Gasteiger partial charge in [0.05, 0.1) is 0 Å². The van der Waals surface area contributed by atoms with Gasteiger partial charge in [0.15, 0.2) is 0 Å². The number of phenols is 5. The second-order valence-electron chi connectivity index (χ2n) is 6.54. The molecule has 0 aliphatic rings. The Labute approximate surface area is 188 Å². The maximum absolute atomic E-state index is 9.46. The van der Waals surface area contributed by atoms with Crippen LogP contribution < -0.4 is 0 Å². The Balaban J connectivity index is 0.000000186. The summed E-state index contributed by atoms with van der Waals surface area (Å²) in [5, 5.41) is 62.2. The molecule has 0 aliphatic heterocycles. The van der Waals surface area contributed by atoms with E-state index >= 15 is 0 Å². The van der Waals surface area contributed by atoms with Crippen LogP contribution in [0.2, 0.25) is 0 Å². The van der Waals surface area contributed by atoms with Crippen molar-refractivity contribution in [2.24, 2.45) is 20.5 Å². The highest BCUT2D eigenvalue weighted by molar-refractivity contribution is 5.55. The molecule has 4 aromatic carbocycles. The van der Waals surface area contributed by atoms with Gasteiger partial charge in [0.25, 0.3) is 0 Å². The Hall–Kier alpha value is -4.92. The minimum absolute atomic E-state index is 0.00881. The third kappa shape index (κ3) is 6.53. The van der Waals surface area contributed by atoms with E-state index in [0.29, 0.717) is 17.1 Å². The van der Waals surface area contributed by atoms with Crippen molar-refractivity contribution in [2.45, 2.75) is 0 Å². The normalized spacial score (nSPS) is 10.8. The monoisotopic (exact) mass is 444 g/mol. The van der Waals surface area contributed by atoms with Crippen molar-refractivity contribution in [3.8, 4) is 28.7 Å². The maximum atomic E-state index is 9.46. The lowest BCUT2D eigenvalue weighted by molar-refractivity contribution is 0.451. The third-order valence-corrected chi connectivity index (χ3v) is 4.14. The highest BCUT2D eigenvalue weighted by Gasteiger charge is 2.02. The van der Waals surface area contributed by atoms with E-state index in [1.165, 1.54) is 36.4 Å². The van der Waals surface area contributed by atoms with E-state index in [4.69, 9.17) is 5.11 Å². The summed E-state index contributed by atoms with van der Waals surface area (Å²) in [6.45, 7) is 0. The first-order valence-electron chi connectivity index (χ1n) is 9.63. The lowest BCUT2D eigenvalue weighted by Crippen LogP contribution is -1.69. The summed E-state index contributed by atoms with van der Waals surface area (Å²) >= 11 is 0. The molecule has 5 N–H and O–H groups in total. The van der Waals surface area contributed by atoms with E-state index in [-0.39, 0.29) is 34.4 Å². The van der Waals surface area contributed by atoms with Crippen LogP contribution in [0.5, 0.6) is 28.7 Å². The van der Waals surface area contributed by atoms with Crippen molar-refractivity contribution < 1.29 is 25.5 Å². The topological polar surface area (TPSA) is 151 Å². The molecule has 0 bridgehead atoms. The maximum Gasteiger partial charge on any atom is 0.146 e. The standard InChI is InChI=1S/C12H10N2O3.C12H10N2O2/c15-8-5-6-10(12(17)7-8)14-13-9-3-1-2-4-11(9)16;15-11-7-3-1-5-9(11)13-14-10-6-2-4-8-12(10)16/h1-7,15-17H;1-8,15-16H. The molecule has 0 fully saturated rings. The van der Waals surface area contributed by atoms with E-state index < -0.39 is 0 Å². The number of nitrogens with zero attached hydrogens (tertiary/aromatic N) is 4. The van der Waals surface area contributed by atoms with Crippen LogP contribution in [0.3, 0.4) is 0 Å². The Bertz CT molecular complexity index is 1240. The summed E-state index contributed by atoms with van der Waals surface area (Å²) < 4.78 is 0. The quantitative estimate of drug-likeness (QED) is 0.221. The molecule has 0 heterocycles. The first kappa shape index (κ1) is 22.8. The van der Waals surface area contributed by atoms with Crippen LogP contribution in [0.25, 0.3) is 0 Å². The molecular formula is C24H20N4O5. The van der Waals surface area contributed by atoms with E-state index in [1.807, 2.05) is 0 Å². The van der Waals surface area contributed by atoms with Gasteiger partial charge in [-0.25, -0.2) is 0 Å². The zero-order valence-electron chi connectivity index (χ0n) is 17.2. The first-order chi connectivity index (χ1) is 15.9. The van der Waals surface area contributed by atoms with Gasteiger partial charge in [0.2, 0.25) is 0 Å². The molecule has 0 aliphatic carbocycles. The van der Waals surface area contributed by atoms with E-state index in [9.17, 15) is 20.4 Å². The molecular weight excluding hydrogens is 424 g/mol. The van der Waals surface area contributed by atoms with Gasteiger partial charge in [-0.1, -0.05) is 36.4 Å². The van der Waals surface area contributed by atoms with Gasteiger partial charge in [0.1, 0.15) is 51.5 Å². The Morgan fingerprint density at radius 2 is 0.697 bits per heavy atom. The average Bonchev–Trinajstić information content (AvgIpc) is 2.80. The summed E-state index contributed by atoms with van der Waals surface area (Å²) in [7, 11) is 0. The Morgan fingerprint density at radius 3 is 1.03 bits per heavy atom. The molecule has 33 heavy (non-hydrogen) atoms. The van der Waals surface area contributed by atoms with Crippen molar-refractivity contribution in [2.75, 3.05) is 0 Å². The molecule has 0 aromatic heterocycles. The van der Waals surface area contributed by atoms with Crippen LogP contribution >= 0.6 is 0 Å². The molecule has 0 saturated heterocycles. The summed E-state index contributed by atoms with van der Waals surface area (Å²) in [5.41, 5.74) is 1.25. The molecule has 4 rings (SSSR count). The van der Waals surface area contributed by atoms with Crippen LogP contribution in [0.1, 0.15) is 0 Å². The van der Waals surface area contributed by atoms with Crippen LogP contribution in [0, 0.1) is 0 Å². The fourth-order valence-electron chi connectivity index (χ4n) is 2.46. The predicted octanol–water partition coefficient (Wildman–Crippen LogP) is 6.73. The number of rotatable bonds is 4. The van der Waals surface area contributed by atoms with Crippen LogP contribution in [0.4, 0.5) is 22.7 Å². The van der Waals surface area contributed by atoms with Gasteiger partial charge in [-0.2, -0.15) is 0 Å². The Kier molecular flexibility index (Phi) is 7.53. The Morgan fingerprint density at radius 1 is 0.364 bits per heavy atom. The molecule has 0 spiro atoms. The predicted molar refractivity (Wildman–Crippen MR) is 122 cm³/mol. The van der Waals surface area contributed by atoms with E-state index in [0.717, 1.165) is 0 Å². The van der Waals surface area contributed by atoms with Gasteiger partial charge in [-0.05, 0) is 48.5 Å². The smallest absolute Gasteiger partial charge is 0.146 e. The number of aromatic hydroxyl groups is 5. The third-order valence-electron chi connectivity index (χ3n) is 4.14. The van der Waals surface area contributed by atoms with E-state index in [2.05, 4.69) is 20.5 Å². The fraction of sp³-hybridized carbons (Fsp3) is 0. The number of para-hydroxylation sites is 3. The lowest BCUT2D eigenvalue weighted by Gasteiger charge is -1.99. The molecule has 166 valence electrons. The van der Waals surface area contributed by atoms with Crippen LogP contribution in [-0.2, 0) is 0 Å². The summed E-state index contributed by atoms with van der Waals surface area (Å²) in [5.74, 6) is -0.106. The number of hydrogen-bond donors (Lipinski definition) is 5. The van der Waals surface area contributed by atoms with Crippen molar-refractivity contribution in [3.63, 3.8) is 0 Å². The van der Waals surface area contributed by atoms with Crippen molar-refractivity contribution >= 4 is 22.7 Å². The van der Waals surface area contributed by atoms with Crippen molar-refractivity contribution in [3.05, 3.63) is 91.0 Å². The van der Waals surface area contributed by atoms with Gasteiger partial charge < -0.3 is 25.5 Å². The number of hydrogen-bond acceptors (Lipinski definition) is 9. The molecule has 0 amide bonds. The summed E-state index contributed by atoms with van der Waals surface area (Å²) in [6, 6.07) is 23.7. The zero-order valence-corrected chi connectivity index (χ0v) is 17.2. The van der Waals surface area contributed by atoms with Gasteiger partial charge >= 0.3 is 0 Å². The van der Waals surface area contributed by atoms with Crippen molar-refractivity contribution in [1.82, 2.24) is 0 Å². The largest absolute Gasteiger partial charge is 0.508 e. The van der Waals surface area contributed by atoms with Crippen LogP contribution in [0.15, 0.2) is 111 Å². The van der Waals surface area contributed by atoms with E-state index in [1.54, 1.807) is 54.6 Å².